The lowest BCUT2D eigenvalue weighted by Crippen LogP contribution is -2.31. The number of aldehydes is 1. The third-order valence-electron chi connectivity index (χ3n) is 3.64. The summed E-state index contributed by atoms with van der Waals surface area (Å²) in [7, 11) is 0. The van der Waals surface area contributed by atoms with Crippen LogP contribution in [0.15, 0.2) is 34.8 Å². The Kier molecular flexibility index (Phi) is 7.28. The minimum atomic E-state index is -0.372. The molecule has 8 heteroatoms. The maximum Gasteiger partial charge on any atom is 0.180 e. The van der Waals surface area contributed by atoms with E-state index in [1.54, 1.807) is 5.38 Å². The number of thiazole rings is 1. The van der Waals surface area contributed by atoms with Gasteiger partial charge in [-0.1, -0.05) is 18.5 Å². The highest BCUT2D eigenvalue weighted by atomic mass is 32.1. The van der Waals surface area contributed by atoms with Crippen molar-refractivity contribution >= 4 is 34.7 Å². The molecule has 1 aromatic carbocycles. The quantitative estimate of drug-likeness (QED) is 0.377. The van der Waals surface area contributed by atoms with Crippen LogP contribution in [0.4, 0.5) is 5.13 Å². The Balaban J connectivity index is 2.06. The Morgan fingerprint density at radius 1 is 1.42 bits per heavy atom. The van der Waals surface area contributed by atoms with E-state index in [4.69, 9.17) is 20.7 Å². The monoisotopic (exact) mass is 374 g/mol. The summed E-state index contributed by atoms with van der Waals surface area (Å²) >= 11 is 1.23. The lowest BCUT2D eigenvalue weighted by atomic mass is 10.1. The molecule has 0 aliphatic carbocycles. The molecular weight excluding hydrogens is 352 g/mol. The van der Waals surface area contributed by atoms with Crippen LogP contribution < -0.4 is 10.5 Å². The van der Waals surface area contributed by atoms with Crippen LogP contribution >= 0.6 is 11.3 Å². The summed E-state index contributed by atoms with van der Waals surface area (Å²) in [5.41, 5.74) is 6.87. The minimum absolute atomic E-state index is 0.0929. The van der Waals surface area contributed by atoms with Crippen LogP contribution in [0, 0.1) is 5.41 Å². The number of carbonyl (C=O) groups excluding carboxylic acids is 1. The summed E-state index contributed by atoms with van der Waals surface area (Å²) in [6.07, 6.45) is 2.94. The van der Waals surface area contributed by atoms with Crippen molar-refractivity contribution in [1.29, 1.82) is 5.41 Å². The number of nitrogens with two attached hydrogens (primary N) is 1. The van der Waals surface area contributed by atoms with Crippen LogP contribution in [-0.2, 0) is 9.63 Å². The van der Waals surface area contributed by atoms with E-state index in [-0.39, 0.29) is 17.9 Å². The van der Waals surface area contributed by atoms with E-state index in [0.29, 0.717) is 22.9 Å². The molecule has 0 saturated carbocycles. The molecule has 2 unspecified atom stereocenters. The second-order valence-electron chi connectivity index (χ2n) is 5.63. The first-order chi connectivity index (χ1) is 12.6. The van der Waals surface area contributed by atoms with Gasteiger partial charge in [-0.2, -0.15) is 0 Å². The van der Waals surface area contributed by atoms with Crippen LogP contribution in [-0.4, -0.2) is 35.4 Å². The van der Waals surface area contributed by atoms with E-state index in [1.807, 2.05) is 31.2 Å². The Hall–Kier alpha value is -2.74. The number of nitrogens with zero attached hydrogens (tertiary/aromatic N) is 2. The van der Waals surface area contributed by atoms with Crippen LogP contribution in [0.2, 0.25) is 0 Å². The molecule has 138 valence electrons. The maximum atomic E-state index is 11.2. The summed E-state index contributed by atoms with van der Waals surface area (Å²) in [5.74, 6) is 0.691. The predicted molar refractivity (Wildman–Crippen MR) is 103 cm³/mol. The average Bonchev–Trinajstić information content (AvgIpc) is 3.08. The molecular formula is C18H22N4O3S. The first-order valence-electron chi connectivity index (χ1n) is 8.25. The number of hydrogen-bond acceptors (Lipinski definition) is 8. The topological polar surface area (TPSA) is 111 Å². The van der Waals surface area contributed by atoms with Gasteiger partial charge in [0.05, 0.1) is 0 Å². The fourth-order valence-electron chi connectivity index (χ4n) is 2.23. The molecule has 0 aliphatic heterocycles. The van der Waals surface area contributed by atoms with Crippen LogP contribution in [0.3, 0.4) is 0 Å². The van der Waals surface area contributed by atoms with Gasteiger partial charge in [-0.05, 0) is 43.2 Å². The van der Waals surface area contributed by atoms with Crippen molar-refractivity contribution in [3.8, 4) is 5.75 Å². The summed E-state index contributed by atoms with van der Waals surface area (Å²) < 4.78 is 6.00. The highest BCUT2D eigenvalue weighted by Gasteiger charge is 2.21. The van der Waals surface area contributed by atoms with Crippen molar-refractivity contribution in [3.05, 3.63) is 40.9 Å². The van der Waals surface area contributed by atoms with Crippen LogP contribution in [0.5, 0.6) is 5.75 Å². The molecule has 0 spiro atoms. The molecule has 0 radical (unpaired) electrons. The predicted octanol–water partition coefficient (Wildman–Crippen LogP) is 3.28. The van der Waals surface area contributed by atoms with Gasteiger partial charge in [0.15, 0.2) is 23.2 Å². The molecule has 2 rings (SSSR count). The first kappa shape index (κ1) is 19.6. The summed E-state index contributed by atoms with van der Waals surface area (Å²) in [5, 5.41) is 13.2. The number of carbonyl (C=O) groups is 1. The lowest BCUT2D eigenvalue weighted by molar-refractivity contribution is -0.103. The molecule has 1 aromatic heterocycles. The maximum absolute atomic E-state index is 11.2. The van der Waals surface area contributed by atoms with E-state index in [1.165, 1.54) is 17.6 Å². The number of nitrogen functional groups attached to an aromatic ring is 1. The summed E-state index contributed by atoms with van der Waals surface area (Å²) in [4.78, 5) is 20.8. The number of nitrogens with one attached hydrogen (secondary N) is 1. The molecule has 2 atom stereocenters. The lowest BCUT2D eigenvalue weighted by Gasteiger charge is -2.23. The Bertz CT molecular complexity index is 758. The zero-order chi connectivity index (χ0) is 18.9. The molecule has 26 heavy (non-hydrogen) atoms. The zero-order valence-electron chi connectivity index (χ0n) is 14.7. The number of oxime groups is 1. The third-order valence-corrected chi connectivity index (χ3v) is 4.32. The SMILES string of the molecule is CCCC(Oc1ccc(C=N)cc1)C(C)O/N=C(\C=O)c1csc(N)n1. The van der Waals surface area contributed by atoms with Crippen molar-refractivity contribution in [2.45, 2.75) is 38.9 Å². The van der Waals surface area contributed by atoms with Crippen LogP contribution in [0.1, 0.15) is 37.9 Å². The van der Waals surface area contributed by atoms with Gasteiger partial charge in [-0.15, -0.1) is 11.3 Å². The van der Waals surface area contributed by atoms with Gasteiger partial charge in [0, 0.05) is 11.6 Å². The average molecular weight is 374 g/mol. The summed E-state index contributed by atoms with van der Waals surface area (Å²) in [6.45, 7) is 3.90. The van der Waals surface area contributed by atoms with Crippen molar-refractivity contribution in [2.24, 2.45) is 5.16 Å². The van der Waals surface area contributed by atoms with Gasteiger partial charge in [0.2, 0.25) is 0 Å². The second kappa shape index (κ2) is 9.67. The third kappa shape index (κ3) is 5.38. The highest BCUT2D eigenvalue weighted by molar-refractivity contribution is 7.13. The number of aromatic nitrogens is 1. The van der Waals surface area contributed by atoms with Gasteiger partial charge in [0.1, 0.15) is 17.5 Å². The van der Waals surface area contributed by atoms with Gasteiger partial charge in [0.25, 0.3) is 0 Å². The summed E-state index contributed by atoms with van der Waals surface area (Å²) in [6, 6.07) is 7.25. The normalized spacial score (nSPS) is 13.7. The number of hydrogen-bond donors (Lipinski definition) is 2. The van der Waals surface area contributed by atoms with E-state index < -0.39 is 0 Å². The number of rotatable bonds is 10. The molecule has 0 bridgehead atoms. The Labute approximate surface area is 156 Å². The minimum Gasteiger partial charge on any atom is -0.486 e. The number of benzene rings is 1. The zero-order valence-corrected chi connectivity index (χ0v) is 15.5. The second-order valence-corrected chi connectivity index (χ2v) is 6.52. The Morgan fingerprint density at radius 2 is 2.15 bits per heavy atom. The largest absolute Gasteiger partial charge is 0.486 e. The highest BCUT2D eigenvalue weighted by Crippen LogP contribution is 2.19. The van der Waals surface area contributed by atoms with Crippen LogP contribution in [0.25, 0.3) is 0 Å². The molecule has 0 fully saturated rings. The van der Waals surface area contributed by atoms with E-state index in [0.717, 1.165) is 18.4 Å². The van der Waals surface area contributed by atoms with Gasteiger partial charge < -0.3 is 20.7 Å². The molecule has 7 nitrogen and oxygen atoms in total. The van der Waals surface area contributed by atoms with Crippen molar-refractivity contribution in [2.75, 3.05) is 5.73 Å². The smallest absolute Gasteiger partial charge is 0.180 e. The molecule has 0 aliphatic rings. The van der Waals surface area contributed by atoms with E-state index in [2.05, 4.69) is 17.1 Å². The molecule has 0 amide bonds. The molecule has 0 saturated heterocycles. The van der Waals surface area contributed by atoms with Gasteiger partial charge >= 0.3 is 0 Å². The van der Waals surface area contributed by atoms with Crippen molar-refractivity contribution in [1.82, 2.24) is 4.98 Å². The number of anilines is 1. The Morgan fingerprint density at radius 3 is 2.69 bits per heavy atom. The van der Waals surface area contributed by atoms with Crippen molar-refractivity contribution < 1.29 is 14.4 Å². The van der Waals surface area contributed by atoms with Crippen molar-refractivity contribution in [3.63, 3.8) is 0 Å². The molecule has 2 aromatic rings. The molecule has 3 N–H and O–H groups in total. The van der Waals surface area contributed by atoms with E-state index in [9.17, 15) is 4.79 Å². The first-order valence-corrected chi connectivity index (χ1v) is 9.12. The molecule has 1 heterocycles. The number of ether oxygens (including phenoxy) is 1. The van der Waals surface area contributed by atoms with Gasteiger partial charge in [-0.25, -0.2) is 4.98 Å². The fraction of sp³-hybridized carbons (Fsp3) is 0.333. The van der Waals surface area contributed by atoms with E-state index >= 15 is 0 Å². The standard InChI is InChI=1S/C18H22N4O3S/c1-3-4-17(24-14-7-5-13(9-19)6-8-14)12(2)25-22-15(10-23)16-11-26-18(20)21-16/h5-12,17,19H,3-4H2,1-2H3,(H2,20,21)/b19-9?,22-15+. The fourth-order valence-corrected chi connectivity index (χ4v) is 2.79. The van der Waals surface area contributed by atoms with Gasteiger partial charge in [-0.3, -0.25) is 4.79 Å².